The molecule has 0 saturated carbocycles. The average Bonchev–Trinajstić information content (AvgIpc) is 2.66. The van der Waals surface area contributed by atoms with Gasteiger partial charge in [0.1, 0.15) is 6.04 Å². The summed E-state index contributed by atoms with van der Waals surface area (Å²) in [5.41, 5.74) is -3.30. The minimum atomic E-state index is -5.06. The number of carbonyl (C=O) groups excluding carboxylic acids is 2. The minimum Gasteiger partial charge on any atom is -0.349 e. The van der Waals surface area contributed by atoms with Crippen LogP contribution in [0.5, 0.6) is 0 Å². The van der Waals surface area contributed by atoms with Crippen LogP contribution >= 0.6 is 0 Å². The molecule has 1 aliphatic heterocycles. The van der Waals surface area contributed by atoms with Crippen LogP contribution in [0.4, 0.5) is 26.3 Å². The van der Waals surface area contributed by atoms with Crippen molar-refractivity contribution in [2.24, 2.45) is 10.2 Å². The summed E-state index contributed by atoms with van der Waals surface area (Å²) in [6, 6.07) is 6.07. The van der Waals surface area contributed by atoms with Crippen LogP contribution in [0.2, 0.25) is 0 Å². The molecule has 0 aromatic heterocycles. The predicted molar refractivity (Wildman–Crippen MR) is 87.1 cm³/mol. The summed E-state index contributed by atoms with van der Waals surface area (Å²) in [5.74, 6) is -1.73. The number of azo groups is 1. The van der Waals surface area contributed by atoms with Gasteiger partial charge in [-0.25, -0.2) is 0 Å². The lowest BCUT2D eigenvalue weighted by Gasteiger charge is -2.19. The van der Waals surface area contributed by atoms with E-state index < -0.39 is 46.9 Å². The third-order valence-electron chi connectivity index (χ3n) is 4.14. The molecule has 2 aromatic rings. The molecule has 1 aliphatic rings. The van der Waals surface area contributed by atoms with Crippen molar-refractivity contribution < 1.29 is 35.9 Å². The van der Waals surface area contributed by atoms with E-state index in [1.165, 1.54) is 6.07 Å². The topological polar surface area (TPSA) is 70.9 Å². The van der Waals surface area contributed by atoms with Crippen molar-refractivity contribution >= 4 is 11.8 Å². The Balaban J connectivity index is 1.84. The highest BCUT2D eigenvalue weighted by Gasteiger charge is 2.37. The van der Waals surface area contributed by atoms with Crippen molar-refractivity contribution in [3.8, 4) is 0 Å². The number of rotatable bonds is 3. The van der Waals surface area contributed by atoms with E-state index in [4.69, 9.17) is 0 Å². The van der Waals surface area contributed by atoms with E-state index in [-0.39, 0.29) is 18.2 Å². The Hall–Kier alpha value is -3.24. The smallest absolute Gasteiger partial charge is 0.349 e. The molecule has 5 nitrogen and oxygen atoms in total. The molecule has 2 amide bonds. The lowest BCUT2D eigenvalue weighted by Crippen LogP contribution is -2.30. The van der Waals surface area contributed by atoms with Gasteiger partial charge >= 0.3 is 12.4 Å². The molecular formula is C18H11F6N3O2. The van der Waals surface area contributed by atoms with Gasteiger partial charge in [-0.2, -0.15) is 31.5 Å². The number of benzene rings is 2. The van der Waals surface area contributed by atoms with Crippen molar-refractivity contribution in [2.75, 3.05) is 6.54 Å². The van der Waals surface area contributed by atoms with Crippen LogP contribution < -0.4 is 5.32 Å². The highest BCUT2D eigenvalue weighted by molar-refractivity contribution is 5.97. The molecule has 0 spiro atoms. The molecule has 1 heterocycles. The zero-order chi connectivity index (χ0) is 21.4. The summed E-state index contributed by atoms with van der Waals surface area (Å²) < 4.78 is 77.5. The molecule has 0 aliphatic carbocycles. The van der Waals surface area contributed by atoms with E-state index in [0.717, 1.165) is 0 Å². The van der Waals surface area contributed by atoms with Gasteiger partial charge < -0.3 is 5.32 Å². The maximum absolute atomic E-state index is 12.9. The van der Waals surface area contributed by atoms with Crippen LogP contribution in [-0.4, -0.2) is 18.4 Å². The molecule has 29 heavy (non-hydrogen) atoms. The molecule has 1 unspecified atom stereocenters. The van der Waals surface area contributed by atoms with Gasteiger partial charge in [-0.1, -0.05) is 18.2 Å². The number of carbonyl (C=O) groups is 2. The highest BCUT2D eigenvalue weighted by atomic mass is 19.4. The van der Waals surface area contributed by atoms with E-state index in [9.17, 15) is 35.9 Å². The van der Waals surface area contributed by atoms with Gasteiger partial charge in [-0.15, -0.1) is 5.11 Å². The van der Waals surface area contributed by atoms with Gasteiger partial charge in [0.25, 0.3) is 11.8 Å². The lowest BCUT2D eigenvalue weighted by atomic mass is 9.99. The fourth-order valence-corrected chi connectivity index (χ4v) is 2.75. The Morgan fingerprint density at radius 2 is 1.55 bits per heavy atom. The van der Waals surface area contributed by atoms with Gasteiger partial charge in [-0.05, 0) is 29.8 Å². The van der Waals surface area contributed by atoms with Crippen LogP contribution in [0.3, 0.4) is 0 Å². The second-order valence-electron chi connectivity index (χ2n) is 6.13. The molecule has 0 radical (unpaired) electrons. The number of nitrogens with one attached hydrogen (secondary N) is 1. The standard InChI is InChI=1S/C18H11F6N3O2/c19-17(20,21)10-5-9(6-11(7-10)18(22,23)24)15(28)25-8-14-12-3-1-2-4-13(12)16(29)27-26-14/h1-7,14H,8H2,(H,25,28). The van der Waals surface area contributed by atoms with Crippen molar-refractivity contribution in [3.63, 3.8) is 0 Å². The first-order chi connectivity index (χ1) is 13.5. The summed E-state index contributed by atoms with van der Waals surface area (Å²) in [7, 11) is 0. The molecule has 1 atom stereocenters. The van der Waals surface area contributed by atoms with Crippen molar-refractivity contribution in [1.82, 2.24) is 5.32 Å². The maximum Gasteiger partial charge on any atom is 0.416 e. The Morgan fingerprint density at radius 3 is 2.14 bits per heavy atom. The molecule has 2 aromatic carbocycles. The zero-order valence-electron chi connectivity index (χ0n) is 14.3. The molecule has 3 rings (SSSR count). The van der Waals surface area contributed by atoms with Crippen LogP contribution in [0.25, 0.3) is 0 Å². The van der Waals surface area contributed by atoms with Gasteiger partial charge in [0.05, 0.1) is 11.1 Å². The fourth-order valence-electron chi connectivity index (χ4n) is 2.75. The minimum absolute atomic E-state index is 0.0615. The Bertz CT molecular complexity index is 966. The number of hydrogen-bond donors (Lipinski definition) is 1. The van der Waals surface area contributed by atoms with E-state index in [1.807, 2.05) is 0 Å². The van der Waals surface area contributed by atoms with Gasteiger partial charge in [0, 0.05) is 17.7 Å². The Labute approximate surface area is 159 Å². The zero-order valence-corrected chi connectivity index (χ0v) is 14.3. The van der Waals surface area contributed by atoms with Crippen LogP contribution in [-0.2, 0) is 12.4 Å². The van der Waals surface area contributed by atoms with E-state index in [0.29, 0.717) is 17.7 Å². The maximum atomic E-state index is 12.9. The summed E-state index contributed by atoms with van der Waals surface area (Å²) in [5, 5.41) is 9.41. The van der Waals surface area contributed by atoms with Crippen molar-refractivity contribution in [1.29, 1.82) is 0 Å². The second kappa shape index (κ2) is 7.30. The van der Waals surface area contributed by atoms with E-state index >= 15 is 0 Å². The van der Waals surface area contributed by atoms with Crippen LogP contribution in [0.1, 0.15) is 43.4 Å². The van der Waals surface area contributed by atoms with E-state index in [1.54, 1.807) is 18.2 Å². The van der Waals surface area contributed by atoms with Gasteiger partial charge in [0.2, 0.25) is 0 Å². The summed E-state index contributed by atoms with van der Waals surface area (Å²) in [4.78, 5) is 23.9. The summed E-state index contributed by atoms with van der Waals surface area (Å²) in [6.45, 7) is -0.274. The molecule has 11 heteroatoms. The largest absolute Gasteiger partial charge is 0.416 e. The second-order valence-corrected chi connectivity index (χ2v) is 6.13. The number of halogens is 6. The average molecular weight is 415 g/mol. The van der Waals surface area contributed by atoms with Crippen LogP contribution in [0, 0.1) is 0 Å². The third-order valence-corrected chi connectivity index (χ3v) is 4.14. The Morgan fingerprint density at radius 1 is 0.966 bits per heavy atom. The number of amides is 2. The fraction of sp³-hybridized carbons (Fsp3) is 0.222. The van der Waals surface area contributed by atoms with Crippen molar-refractivity contribution in [3.05, 3.63) is 70.3 Å². The Kier molecular flexibility index (Phi) is 5.16. The summed E-state index contributed by atoms with van der Waals surface area (Å²) >= 11 is 0. The van der Waals surface area contributed by atoms with Crippen molar-refractivity contribution in [2.45, 2.75) is 18.4 Å². The first-order valence-corrected chi connectivity index (χ1v) is 8.08. The molecule has 0 bridgehead atoms. The quantitative estimate of drug-likeness (QED) is 0.732. The number of hydrogen-bond acceptors (Lipinski definition) is 3. The normalized spacial score (nSPS) is 16.5. The number of fused-ring (bicyclic) bond motifs is 1. The molecule has 0 saturated heterocycles. The highest BCUT2D eigenvalue weighted by Crippen LogP contribution is 2.36. The molecular weight excluding hydrogens is 404 g/mol. The first-order valence-electron chi connectivity index (χ1n) is 8.08. The van der Waals surface area contributed by atoms with Gasteiger partial charge in [0.15, 0.2) is 0 Å². The monoisotopic (exact) mass is 415 g/mol. The summed E-state index contributed by atoms with van der Waals surface area (Å²) in [6.07, 6.45) is -10.1. The third kappa shape index (κ3) is 4.44. The number of alkyl halides is 6. The molecule has 1 N–H and O–H groups in total. The number of nitrogens with zero attached hydrogens (tertiary/aromatic N) is 2. The van der Waals surface area contributed by atoms with Gasteiger partial charge in [-0.3, -0.25) is 9.59 Å². The van der Waals surface area contributed by atoms with E-state index in [2.05, 4.69) is 15.5 Å². The molecule has 152 valence electrons. The lowest BCUT2D eigenvalue weighted by molar-refractivity contribution is -0.143. The SMILES string of the molecule is O=C(NCC1N=NC(=O)c2ccccc21)c1cc(C(F)(F)F)cc(C(F)(F)F)c1. The first kappa shape index (κ1) is 20.5. The van der Waals surface area contributed by atoms with Crippen LogP contribution in [0.15, 0.2) is 52.7 Å². The molecule has 0 fully saturated rings. The predicted octanol–water partition coefficient (Wildman–Crippen LogP) is 4.80.